The van der Waals surface area contributed by atoms with Crippen LogP contribution in [0.3, 0.4) is 0 Å². The van der Waals surface area contributed by atoms with Crippen molar-refractivity contribution in [2.45, 2.75) is 6.04 Å². The van der Waals surface area contributed by atoms with Crippen molar-refractivity contribution in [1.82, 2.24) is 5.43 Å². The fourth-order valence-corrected chi connectivity index (χ4v) is 3.10. The number of benzene rings is 2. The van der Waals surface area contributed by atoms with Crippen LogP contribution in [-0.4, -0.2) is 29.4 Å². The topological polar surface area (TPSA) is 78.8 Å². The lowest BCUT2D eigenvalue weighted by molar-refractivity contribution is -0.122. The summed E-state index contributed by atoms with van der Waals surface area (Å²) in [6, 6.07) is 8.84. The Hall–Kier alpha value is -3.42. The second-order valence-electron chi connectivity index (χ2n) is 5.91. The van der Waals surface area contributed by atoms with Crippen LogP contribution in [0, 0.1) is 17.6 Å². The molecule has 1 saturated heterocycles. The van der Waals surface area contributed by atoms with Crippen LogP contribution in [0.1, 0.15) is 10.4 Å². The third kappa shape index (κ3) is 2.38. The predicted molar refractivity (Wildman–Crippen MR) is 87.5 cm³/mol. The summed E-state index contributed by atoms with van der Waals surface area (Å²) in [6.45, 7) is 0. The van der Waals surface area contributed by atoms with Crippen LogP contribution in [0.2, 0.25) is 0 Å². The average Bonchev–Trinajstić information content (AvgIpc) is 3.16. The molecule has 1 N–H and O–H groups in total. The number of ketones is 1. The average molecular weight is 355 g/mol. The van der Waals surface area contributed by atoms with E-state index in [-0.39, 0.29) is 17.0 Å². The summed E-state index contributed by atoms with van der Waals surface area (Å²) in [5.41, 5.74) is 2.62. The molecule has 2 aromatic carbocycles. The minimum Gasteiger partial charge on any atom is -0.296 e. The molecule has 0 unspecified atom stereocenters. The van der Waals surface area contributed by atoms with E-state index in [1.54, 1.807) is 0 Å². The number of carbonyl (C=O) groups excluding carboxylic acids is 3. The summed E-state index contributed by atoms with van der Waals surface area (Å²) in [5.74, 6) is -4.06. The minimum absolute atomic E-state index is 0.0878. The fourth-order valence-electron chi connectivity index (χ4n) is 3.10. The molecule has 0 aliphatic carbocycles. The Kier molecular flexibility index (Phi) is 3.61. The molecule has 26 heavy (non-hydrogen) atoms. The van der Waals surface area contributed by atoms with Crippen LogP contribution in [0.5, 0.6) is 0 Å². The molecule has 2 amide bonds. The molecule has 0 saturated carbocycles. The number of hydrazone groups is 1. The Morgan fingerprint density at radius 1 is 1.00 bits per heavy atom. The molecule has 2 atom stereocenters. The van der Waals surface area contributed by atoms with Crippen molar-refractivity contribution < 1.29 is 23.2 Å². The first-order valence-corrected chi connectivity index (χ1v) is 7.74. The van der Waals surface area contributed by atoms with E-state index >= 15 is 0 Å². The molecule has 6 nitrogen and oxygen atoms in total. The number of rotatable bonds is 3. The number of hydrogen-bond acceptors (Lipinski definition) is 5. The Bertz CT molecular complexity index is 972. The first-order chi connectivity index (χ1) is 12.5. The van der Waals surface area contributed by atoms with Gasteiger partial charge in [-0.3, -0.25) is 19.8 Å². The minimum atomic E-state index is -1.11. The zero-order chi connectivity index (χ0) is 18.4. The van der Waals surface area contributed by atoms with Crippen molar-refractivity contribution in [2.24, 2.45) is 11.0 Å². The highest BCUT2D eigenvalue weighted by Gasteiger charge is 2.55. The monoisotopic (exact) mass is 355 g/mol. The second-order valence-corrected chi connectivity index (χ2v) is 5.91. The van der Waals surface area contributed by atoms with Crippen molar-refractivity contribution in [3.05, 3.63) is 65.7 Å². The molecule has 130 valence electrons. The summed E-state index contributed by atoms with van der Waals surface area (Å²) in [7, 11) is 0. The van der Waals surface area contributed by atoms with Gasteiger partial charge in [-0.2, -0.15) is 5.10 Å². The van der Waals surface area contributed by atoms with E-state index in [1.165, 1.54) is 30.3 Å². The summed E-state index contributed by atoms with van der Waals surface area (Å²) in [6.07, 6.45) is 0. The van der Waals surface area contributed by atoms with E-state index in [9.17, 15) is 23.2 Å². The van der Waals surface area contributed by atoms with Gasteiger partial charge in [0.2, 0.25) is 11.7 Å². The predicted octanol–water partition coefficient (Wildman–Crippen LogP) is 1.66. The number of imide groups is 1. The molecule has 2 heterocycles. The van der Waals surface area contributed by atoms with Gasteiger partial charge in [-0.1, -0.05) is 6.07 Å². The molecule has 0 radical (unpaired) electrons. The van der Waals surface area contributed by atoms with E-state index in [2.05, 4.69) is 10.5 Å². The van der Waals surface area contributed by atoms with Gasteiger partial charge in [-0.05, 0) is 42.5 Å². The Balaban J connectivity index is 1.66. The fraction of sp³-hybridized carbons (Fsp3) is 0.111. The van der Waals surface area contributed by atoms with Gasteiger partial charge < -0.3 is 0 Å². The van der Waals surface area contributed by atoms with Gasteiger partial charge in [-0.15, -0.1) is 0 Å². The lowest BCUT2D eigenvalue weighted by Gasteiger charge is -2.15. The molecule has 4 rings (SSSR count). The van der Waals surface area contributed by atoms with Gasteiger partial charge in [0, 0.05) is 5.56 Å². The van der Waals surface area contributed by atoms with Crippen LogP contribution in [-0.2, 0) is 9.59 Å². The molecule has 2 aliphatic heterocycles. The summed E-state index contributed by atoms with van der Waals surface area (Å²) < 4.78 is 26.5. The van der Waals surface area contributed by atoms with E-state index in [0.29, 0.717) is 0 Å². The number of fused-ring (bicyclic) bond motifs is 1. The number of nitrogens with one attached hydrogen (secondary N) is 1. The molecular weight excluding hydrogens is 344 g/mol. The SMILES string of the molecule is O=C(C1=NN[C@H]2C(=O)N(c3cccc(F)c3)C(=O)[C@@H]12)c1ccc(F)cc1. The maximum Gasteiger partial charge on any atom is 0.259 e. The van der Waals surface area contributed by atoms with E-state index < -0.39 is 41.2 Å². The van der Waals surface area contributed by atoms with Gasteiger partial charge in [-0.25, -0.2) is 13.7 Å². The van der Waals surface area contributed by atoms with Gasteiger partial charge >= 0.3 is 0 Å². The number of Topliss-reactive ketones (excluding diaryl/α,β-unsaturated/α-hetero) is 1. The zero-order valence-corrected chi connectivity index (χ0v) is 13.1. The van der Waals surface area contributed by atoms with E-state index in [1.807, 2.05) is 0 Å². The summed E-state index contributed by atoms with van der Waals surface area (Å²) in [5, 5.41) is 3.85. The third-order valence-corrected chi connectivity index (χ3v) is 4.33. The van der Waals surface area contributed by atoms with Crippen LogP contribution in [0.15, 0.2) is 53.6 Å². The molecule has 8 heteroatoms. The van der Waals surface area contributed by atoms with E-state index in [4.69, 9.17) is 0 Å². The Morgan fingerprint density at radius 2 is 1.73 bits per heavy atom. The lowest BCUT2D eigenvalue weighted by Crippen LogP contribution is -2.36. The molecule has 2 aromatic rings. The lowest BCUT2D eigenvalue weighted by atomic mass is 9.93. The number of carbonyl (C=O) groups is 3. The molecule has 1 fully saturated rings. The van der Waals surface area contributed by atoms with Crippen LogP contribution in [0.4, 0.5) is 14.5 Å². The molecule has 0 bridgehead atoms. The molecule has 0 spiro atoms. The second kappa shape index (κ2) is 5.83. The summed E-state index contributed by atoms with van der Waals surface area (Å²) >= 11 is 0. The summed E-state index contributed by atoms with van der Waals surface area (Å²) in [4.78, 5) is 38.8. The highest BCUT2D eigenvalue weighted by Crippen LogP contribution is 2.31. The van der Waals surface area contributed by atoms with Crippen LogP contribution >= 0.6 is 0 Å². The van der Waals surface area contributed by atoms with Crippen molar-refractivity contribution >= 4 is 29.0 Å². The van der Waals surface area contributed by atoms with Crippen molar-refractivity contribution in [2.75, 3.05) is 4.90 Å². The quantitative estimate of drug-likeness (QED) is 0.671. The Labute approximate surface area is 146 Å². The Morgan fingerprint density at radius 3 is 2.42 bits per heavy atom. The van der Waals surface area contributed by atoms with Crippen molar-refractivity contribution in [3.63, 3.8) is 0 Å². The number of amides is 2. The van der Waals surface area contributed by atoms with Crippen molar-refractivity contribution in [1.29, 1.82) is 0 Å². The van der Waals surface area contributed by atoms with Crippen LogP contribution < -0.4 is 10.3 Å². The standard InChI is InChI=1S/C18H11F2N3O3/c19-10-6-4-9(5-7-10)16(24)14-13-15(22-21-14)18(26)23(17(13)25)12-3-1-2-11(20)8-12/h1-8,13,15,22H/t13-,15+/m0/s1. The molecular formula is C18H11F2N3O3. The van der Waals surface area contributed by atoms with Gasteiger partial charge in [0.15, 0.2) is 0 Å². The largest absolute Gasteiger partial charge is 0.296 e. The highest BCUT2D eigenvalue weighted by molar-refractivity contribution is 6.52. The third-order valence-electron chi connectivity index (χ3n) is 4.33. The maximum atomic E-state index is 13.5. The highest BCUT2D eigenvalue weighted by atomic mass is 19.1. The van der Waals surface area contributed by atoms with Crippen LogP contribution in [0.25, 0.3) is 0 Å². The molecule has 2 aliphatic rings. The van der Waals surface area contributed by atoms with Gasteiger partial charge in [0.05, 0.1) is 5.69 Å². The number of halogens is 2. The first kappa shape index (κ1) is 16.1. The van der Waals surface area contributed by atoms with Gasteiger partial charge in [0.25, 0.3) is 5.91 Å². The molecule has 0 aromatic heterocycles. The van der Waals surface area contributed by atoms with Gasteiger partial charge in [0.1, 0.15) is 29.3 Å². The number of anilines is 1. The first-order valence-electron chi connectivity index (χ1n) is 7.74. The van der Waals surface area contributed by atoms with Crippen molar-refractivity contribution in [3.8, 4) is 0 Å². The number of nitrogens with zero attached hydrogens (tertiary/aromatic N) is 2. The smallest absolute Gasteiger partial charge is 0.259 e. The number of hydrogen-bond donors (Lipinski definition) is 1. The van der Waals surface area contributed by atoms with E-state index in [0.717, 1.165) is 23.1 Å². The normalized spacial score (nSPS) is 21.5. The maximum absolute atomic E-state index is 13.5. The zero-order valence-electron chi connectivity index (χ0n) is 13.1.